The predicted octanol–water partition coefficient (Wildman–Crippen LogP) is 10.8. The van der Waals surface area contributed by atoms with E-state index in [1.165, 1.54) is 4.70 Å². The van der Waals surface area contributed by atoms with Gasteiger partial charge in [0.25, 0.3) is 0 Å². The number of furan rings is 2. The van der Waals surface area contributed by atoms with Crippen molar-refractivity contribution in [2.24, 2.45) is 0 Å². The van der Waals surface area contributed by atoms with Crippen molar-refractivity contribution >= 4 is 81.4 Å². The number of para-hydroxylation sites is 4. The number of hydrogen-bond acceptors (Lipinski definition) is 4. The van der Waals surface area contributed by atoms with Crippen LogP contribution in [0.3, 0.4) is 0 Å². The second kappa shape index (κ2) is 8.09. The lowest BCUT2D eigenvalue weighted by molar-refractivity contribution is 0.669. The summed E-state index contributed by atoms with van der Waals surface area (Å²) in [6.07, 6.45) is 0. The molecule has 4 nitrogen and oxygen atoms in total. The smallest absolute Gasteiger partial charge is 0.195 e. The number of rotatable bonds is 2. The molecule has 0 aliphatic heterocycles. The minimum Gasteiger partial charge on any atom is -0.455 e. The number of imidazole rings is 1. The van der Waals surface area contributed by atoms with Gasteiger partial charge in [0.15, 0.2) is 4.96 Å². The van der Waals surface area contributed by atoms with Crippen LogP contribution in [0.5, 0.6) is 0 Å². The number of thiazole rings is 1. The second-order valence-corrected chi connectivity index (χ2v) is 11.8. The van der Waals surface area contributed by atoms with E-state index >= 15 is 0 Å². The van der Waals surface area contributed by atoms with Crippen LogP contribution in [0.1, 0.15) is 0 Å². The van der Waals surface area contributed by atoms with E-state index < -0.39 is 0 Å². The fraction of sp³-hybridized carbons (Fsp3) is 0. The van der Waals surface area contributed by atoms with Crippen LogP contribution in [0.4, 0.5) is 0 Å². The van der Waals surface area contributed by atoms with Crippen molar-refractivity contribution in [3.05, 3.63) is 121 Å². The van der Waals surface area contributed by atoms with Crippen LogP contribution in [-0.4, -0.2) is 9.38 Å². The quantitative estimate of drug-likeness (QED) is 0.213. The van der Waals surface area contributed by atoms with Crippen molar-refractivity contribution in [1.82, 2.24) is 9.38 Å². The molecule has 10 aromatic rings. The highest BCUT2D eigenvalue weighted by molar-refractivity contribution is 7.23. The first-order chi connectivity index (χ1) is 20.8. The molecule has 196 valence electrons. The molecule has 0 atom stereocenters. The van der Waals surface area contributed by atoms with Crippen LogP contribution in [0.2, 0.25) is 0 Å². The molecule has 5 heteroatoms. The zero-order valence-electron chi connectivity index (χ0n) is 22.2. The number of benzene rings is 6. The molecule has 10 rings (SSSR count). The Kier molecular flexibility index (Phi) is 4.30. The Bertz CT molecular complexity index is 2520. The van der Waals surface area contributed by atoms with Crippen molar-refractivity contribution in [3.8, 4) is 22.3 Å². The maximum Gasteiger partial charge on any atom is 0.195 e. The van der Waals surface area contributed by atoms with Crippen LogP contribution >= 0.6 is 11.3 Å². The Morgan fingerprint density at radius 3 is 1.76 bits per heavy atom. The molecule has 0 spiro atoms. The summed E-state index contributed by atoms with van der Waals surface area (Å²) in [6.45, 7) is 0. The molecule has 0 aliphatic rings. The van der Waals surface area contributed by atoms with E-state index in [1.807, 2.05) is 24.3 Å². The molecule has 6 aromatic carbocycles. The van der Waals surface area contributed by atoms with Crippen LogP contribution in [0.15, 0.2) is 130 Å². The minimum atomic E-state index is 0.906. The molecule has 0 amide bonds. The van der Waals surface area contributed by atoms with Gasteiger partial charge in [-0.3, -0.25) is 4.40 Å². The SMILES string of the molecule is c1ccc2c(c1)oc1c(-c3ccc4nc5sc6ccc(-c7cccc8c7oc7ccccc78)cc6n5c4c3)cccc12. The van der Waals surface area contributed by atoms with Crippen molar-refractivity contribution in [2.75, 3.05) is 0 Å². The van der Waals surface area contributed by atoms with Crippen LogP contribution in [0.25, 0.3) is 92.3 Å². The molecule has 0 unspecified atom stereocenters. The maximum atomic E-state index is 6.37. The summed E-state index contributed by atoms with van der Waals surface area (Å²) in [4.78, 5) is 5.99. The highest BCUT2D eigenvalue weighted by Crippen LogP contribution is 2.40. The summed E-state index contributed by atoms with van der Waals surface area (Å²) in [5, 5.41) is 4.54. The molecule has 0 N–H and O–H groups in total. The molecule has 0 radical (unpaired) electrons. The average molecular weight is 557 g/mol. The summed E-state index contributed by atoms with van der Waals surface area (Å²) < 4.78 is 16.2. The molecule has 42 heavy (non-hydrogen) atoms. The van der Waals surface area contributed by atoms with Gasteiger partial charge >= 0.3 is 0 Å². The van der Waals surface area contributed by atoms with Crippen LogP contribution in [0, 0.1) is 0 Å². The monoisotopic (exact) mass is 556 g/mol. The lowest BCUT2D eigenvalue weighted by Crippen LogP contribution is -1.85. The lowest BCUT2D eigenvalue weighted by Gasteiger charge is -2.05. The largest absolute Gasteiger partial charge is 0.455 e. The molecule has 0 fully saturated rings. The van der Waals surface area contributed by atoms with Crippen molar-refractivity contribution in [3.63, 3.8) is 0 Å². The zero-order chi connectivity index (χ0) is 27.4. The van der Waals surface area contributed by atoms with Crippen molar-refractivity contribution in [1.29, 1.82) is 0 Å². The van der Waals surface area contributed by atoms with Crippen LogP contribution in [-0.2, 0) is 0 Å². The summed E-state index contributed by atoms with van der Waals surface area (Å²) in [7, 11) is 0. The molecule has 0 saturated carbocycles. The van der Waals surface area contributed by atoms with Gasteiger partial charge in [-0.05, 0) is 47.5 Å². The number of aromatic nitrogens is 2. The summed E-state index contributed by atoms with van der Waals surface area (Å²) in [5.41, 5.74) is 11.3. The van der Waals surface area contributed by atoms with Gasteiger partial charge in [-0.25, -0.2) is 4.98 Å². The summed E-state index contributed by atoms with van der Waals surface area (Å²) >= 11 is 1.72. The highest BCUT2D eigenvalue weighted by Gasteiger charge is 2.17. The second-order valence-electron chi connectivity index (χ2n) is 10.8. The number of fused-ring (bicyclic) bond motifs is 11. The fourth-order valence-electron chi connectivity index (χ4n) is 6.52. The van der Waals surface area contributed by atoms with E-state index in [0.29, 0.717) is 0 Å². The standard InChI is InChI=1S/C37H20N2O2S/c1-3-13-32-25(7-1)27-11-5-9-23(35(27)40-32)21-15-17-29-30(19-21)39-31-20-22(16-18-34(31)42-37(39)38-29)24-10-6-12-28-26-8-2-4-14-33(26)41-36(24)28/h1-20H. The van der Waals surface area contributed by atoms with E-state index in [-0.39, 0.29) is 0 Å². The summed E-state index contributed by atoms with van der Waals surface area (Å²) in [5.74, 6) is 0. The zero-order valence-corrected chi connectivity index (χ0v) is 23.0. The highest BCUT2D eigenvalue weighted by atomic mass is 32.1. The third-order valence-electron chi connectivity index (χ3n) is 8.46. The molecular formula is C37H20N2O2S. The van der Waals surface area contributed by atoms with E-state index in [2.05, 4.69) is 101 Å². The van der Waals surface area contributed by atoms with Gasteiger partial charge < -0.3 is 8.83 Å². The fourth-order valence-corrected chi connectivity index (χ4v) is 7.53. The molecule has 4 aromatic heterocycles. The van der Waals surface area contributed by atoms with E-state index in [1.54, 1.807) is 11.3 Å². The van der Waals surface area contributed by atoms with Gasteiger partial charge in [0.05, 0.1) is 21.3 Å². The van der Waals surface area contributed by atoms with Gasteiger partial charge in [-0.2, -0.15) is 0 Å². The topological polar surface area (TPSA) is 43.6 Å². The molecule has 0 bridgehead atoms. The van der Waals surface area contributed by atoms with Gasteiger partial charge in [0.2, 0.25) is 0 Å². The summed E-state index contributed by atoms with van der Waals surface area (Å²) in [6, 6.07) is 42.4. The maximum absolute atomic E-state index is 6.37. The van der Waals surface area contributed by atoms with E-state index in [4.69, 9.17) is 13.8 Å². The lowest BCUT2D eigenvalue weighted by atomic mass is 10.0. The minimum absolute atomic E-state index is 0.906. The van der Waals surface area contributed by atoms with E-state index in [0.717, 1.165) is 87.6 Å². The van der Waals surface area contributed by atoms with Gasteiger partial charge in [-0.1, -0.05) is 96.3 Å². The van der Waals surface area contributed by atoms with Gasteiger partial charge in [0.1, 0.15) is 22.3 Å². The van der Waals surface area contributed by atoms with E-state index in [9.17, 15) is 0 Å². The molecule has 4 heterocycles. The first kappa shape index (κ1) is 22.3. The number of hydrogen-bond donors (Lipinski definition) is 0. The third-order valence-corrected chi connectivity index (χ3v) is 9.48. The molecule has 0 saturated heterocycles. The Morgan fingerprint density at radius 2 is 1.10 bits per heavy atom. The third kappa shape index (κ3) is 2.98. The molecular weight excluding hydrogens is 536 g/mol. The van der Waals surface area contributed by atoms with Gasteiger partial charge in [0, 0.05) is 32.7 Å². The Balaban J connectivity index is 1.20. The normalized spacial score (nSPS) is 12.3. The number of nitrogens with zero attached hydrogens (tertiary/aromatic N) is 2. The Labute approximate surface area is 242 Å². The first-order valence-electron chi connectivity index (χ1n) is 14.0. The van der Waals surface area contributed by atoms with Crippen molar-refractivity contribution < 1.29 is 8.83 Å². The van der Waals surface area contributed by atoms with Crippen molar-refractivity contribution in [2.45, 2.75) is 0 Å². The predicted molar refractivity (Wildman–Crippen MR) is 174 cm³/mol. The Morgan fingerprint density at radius 1 is 0.524 bits per heavy atom. The Hall–Kier alpha value is -5.39. The first-order valence-corrected chi connectivity index (χ1v) is 14.8. The van der Waals surface area contributed by atoms with Crippen LogP contribution < -0.4 is 0 Å². The molecule has 0 aliphatic carbocycles. The van der Waals surface area contributed by atoms with Gasteiger partial charge in [-0.15, -0.1) is 0 Å². The average Bonchev–Trinajstić information content (AvgIpc) is 3.78.